The van der Waals surface area contributed by atoms with E-state index in [1.165, 1.54) is 16.4 Å². The number of hydrogen-bond acceptors (Lipinski definition) is 2. The van der Waals surface area contributed by atoms with E-state index in [9.17, 15) is 0 Å². The summed E-state index contributed by atoms with van der Waals surface area (Å²) in [5.74, 6) is 1.24. The fraction of sp³-hybridized carbons (Fsp3) is 0.667. The van der Waals surface area contributed by atoms with Crippen molar-refractivity contribution in [1.29, 1.82) is 0 Å². The molecule has 0 radical (unpaired) electrons. The SMILES string of the molecule is CC(C)=C1NCCS1. The second-order valence-corrected chi connectivity index (χ2v) is 3.21. The fourth-order valence-corrected chi connectivity index (χ4v) is 1.59. The van der Waals surface area contributed by atoms with Gasteiger partial charge in [0.1, 0.15) is 0 Å². The smallest absolute Gasteiger partial charge is 0.0668 e. The van der Waals surface area contributed by atoms with Gasteiger partial charge in [-0.1, -0.05) is 0 Å². The Bertz CT molecular complexity index is 106. The van der Waals surface area contributed by atoms with Crippen molar-refractivity contribution in [3.8, 4) is 0 Å². The Balaban J connectivity index is 2.58. The zero-order valence-corrected chi connectivity index (χ0v) is 6.14. The summed E-state index contributed by atoms with van der Waals surface area (Å²) in [5, 5.41) is 4.68. The van der Waals surface area contributed by atoms with Gasteiger partial charge in [-0.05, 0) is 19.4 Å². The van der Waals surface area contributed by atoms with Crippen LogP contribution in [-0.2, 0) is 0 Å². The maximum Gasteiger partial charge on any atom is 0.0668 e. The van der Waals surface area contributed by atoms with Crippen LogP contribution in [0.2, 0.25) is 0 Å². The normalized spacial score (nSPS) is 18.5. The van der Waals surface area contributed by atoms with Crippen molar-refractivity contribution in [2.75, 3.05) is 12.3 Å². The lowest BCUT2D eigenvalue weighted by Gasteiger charge is -1.97. The zero-order chi connectivity index (χ0) is 5.98. The van der Waals surface area contributed by atoms with Crippen molar-refractivity contribution < 1.29 is 0 Å². The summed E-state index contributed by atoms with van der Waals surface area (Å²) >= 11 is 1.92. The van der Waals surface area contributed by atoms with E-state index < -0.39 is 0 Å². The van der Waals surface area contributed by atoms with E-state index >= 15 is 0 Å². The standard InChI is InChI=1S/C6H11NS/c1-5(2)6-7-3-4-8-6/h7H,3-4H2,1-2H3. The van der Waals surface area contributed by atoms with Crippen LogP contribution in [0.4, 0.5) is 0 Å². The number of hydrogen-bond donors (Lipinski definition) is 1. The minimum Gasteiger partial charge on any atom is -0.379 e. The van der Waals surface area contributed by atoms with Crippen molar-refractivity contribution in [2.24, 2.45) is 0 Å². The van der Waals surface area contributed by atoms with Crippen LogP contribution in [0, 0.1) is 0 Å². The summed E-state index contributed by atoms with van der Waals surface area (Å²) < 4.78 is 0. The molecular formula is C6H11NS. The maximum atomic E-state index is 3.30. The van der Waals surface area contributed by atoms with E-state index in [0.29, 0.717) is 0 Å². The van der Waals surface area contributed by atoms with Crippen molar-refractivity contribution >= 4 is 11.8 Å². The highest BCUT2D eigenvalue weighted by Gasteiger charge is 2.05. The average molecular weight is 129 g/mol. The van der Waals surface area contributed by atoms with Gasteiger partial charge in [0.05, 0.1) is 5.03 Å². The van der Waals surface area contributed by atoms with Crippen LogP contribution < -0.4 is 5.32 Å². The van der Waals surface area contributed by atoms with Gasteiger partial charge in [-0.15, -0.1) is 11.8 Å². The highest BCUT2D eigenvalue weighted by Crippen LogP contribution is 2.20. The topological polar surface area (TPSA) is 12.0 Å². The summed E-state index contributed by atoms with van der Waals surface area (Å²) in [4.78, 5) is 0. The van der Waals surface area contributed by atoms with E-state index in [4.69, 9.17) is 0 Å². The van der Waals surface area contributed by atoms with E-state index in [0.717, 1.165) is 6.54 Å². The van der Waals surface area contributed by atoms with Crippen LogP contribution in [0.1, 0.15) is 13.8 Å². The van der Waals surface area contributed by atoms with Gasteiger partial charge < -0.3 is 5.32 Å². The summed E-state index contributed by atoms with van der Waals surface area (Å²) in [6.45, 7) is 5.42. The molecule has 0 saturated carbocycles. The molecule has 46 valence electrons. The van der Waals surface area contributed by atoms with Crippen molar-refractivity contribution in [3.05, 3.63) is 10.6 Å². The van der Waals surface area contributed by atoms with Gasteiger partial charge in [-0.3, -0.25) is 0 Å². The Morgan fingerprint density at radius 1 is 1.62 bits per heavy atom. The monoisotopic (exact) mass is 129 g/mol. The molecule has 1 rings (SSSR count). The van der Waals surface area contributed by atoms with E-state index in [1.54, 1.807) is 0 Å². The largest absolute Gasteiger partial charge is 0.379 e. The predicted octanol–water partition coefficient (Wildman–Crippen LogP) is 1.57. The quantitative estimate of drug-likeness (QED) is 0.533. The highest BCUT2D eigenvalue weighted by molar-refractivity contribution is 8.03. The molecule has 1 heterocycles. The van der Waals surface area contributed by atoms with E-state index in [1.807, 2.05) is 11.8 Å². The average Bonchev–Trinajstić information content (AvgIpc) is 2.12. The Hall–Kier alpha value is -0.110. The number of thioether (sulfide) groups is 1. The molecule has 0 unspecified atom stereocenters. The molecular weight excluding hydrogens is 118 g/mol. The summed E-state index contributed by atoms with van der Waals surface area (Å²) in [6, 6.07) is 0. The summed E-state index contributed by atoms with van der Waals surface area (Å²) in [5.41, 5.74) is 1.41. The predicted molar refractivity (Wildman–Crippen MR) is 38.8 cm³/mol. The van der Waals surface area contributed by atoms with Gasteiger partial charge in [0.25, 0.3) is 0 Å². The van der Waals surface area contributed by atoms with Crippen LogP contribution in [-0.4, -0.2) is 12.3 Å². The Kier molecular flexibility index (Phi) is 1.84. The second kappa shape index (κ2) is 2.44. The summed E-state index contributed by atoms with van der Waals surface area (Å²) in [7, 11) is 0. The lowest BCUT2D eigenvalue weighted by Crippen LogP contribution is -2.04. The molecule has 0 aliphatic carbocycles. The Labute approximate surface area is 54.5 Å². The van der Waals surface area contributed by atoms with Gasteiger partial charge in [0, 0.05) is 12.3 Å². The number of rotatable bonds is 0. The van der Waals surface area contributed by atoms with Gasteiger partial charge in [-0.25, -0.2) is 0 Å². The zero-order valence-electron chi connectivity index (χ0n) is 5.32. The van der Waals surface area contributed by atoms with Crippen molar-refractivity contribution in [1.82, 2.24) is 5.32 Å². The summed E-state index contributed by atoms with van der Waals surface area (Å²) in [6.07, 6.45) is 0. The van der Waals surface area contributed by atoms with Gasteiger partial charge in [-0.2, -0.15) is 0 Å². The molecule has 0 bridgehead atoms. The maximum absolute atomic E-state index is 3.30. The molecule has 1 nitrogen and oxygen atoms in total. The molecule has 2 heteroatoms. The molecule has 0 aromatic rings. The number of nitrogens with one attached hydrogen (secondary N) is 1. The van der Waals surface area contributed by atoms with E-state index in [2.05, 4.69) is 19.2 Å². The minimum atomic E-state index is 1.14. The molecule has 0 aromatic heterocycles. The molecule has 1 fully saturated rings. The van der Waals surface area contributed by atoms with E-state index in [-0.39, 0.29) is 0 Å². The molecule has 0 spiro atoms. The first kappa shape index (κ1) is 6.02. The fourth-order valence-electron chi connectivity index (χ4n) is 0.690. The van der Waals surface area contributed by atoms with Gasteiger partial charge in [0.15, 0.2) is 0 Å². The Morgan fingerprint density at radius 2 is 2.38 bits per heavy atom. The van der Waals surface area contributed by atoms with Gasteiger partial charge in [0.2, 0.25) is 0 Å². The van der Waals surface area contributed by atoms with Crippen LogP contribution in [0.5, 0.6) is 0 Å². The molecule has 1 saturated heterocycles. The molecule has 1 aliphatic rings. The molecule has 0 amide bonds. The first-order valence-electron chi connectivity index (χ1n) is 2.85. The van der Waals surface area contributed by atoms with Crippen LogP contribution in [0.15, 0.2) is 10.6 Å². The highest BCUT2D eigenvalue weighted by atomic mass is 32.2. The third kappa shape index (κ3) is 1.19. The van der Waals surface area contributed by atoms with Crippen LogP contribution in [0.25, 0.3) is 0 Å². The third-order valence-corrected chi connectivity index (χ3v) is 2.34. The first-order chi connectivity index (χ1) is 3.80. The third-order valence-electron chi connectivity index (χ3n) is 1.09. The van der Waals surface area contributed by atoms with Gasteiger partial charge >= 0.3 is 0 Å². The van der Waals surface area contributed by atoms with Crippen molar-refractivity contribution in [3.63, 3.8) is 0 Å². The molecule has 1 aliphatic heterocycles. The minimum absolute atomic E-state index is 1.14. The molecule has 8 heavy (non-hydrogen) atoms. The Morgan fingerprint density at radius 3 is 2.62 bits per heavy atom. The lowest BCUT2D eigenvalue weighted by molar-refractivity contribution is 0.933. The van der Waals surface area contributed by atoms with Crippen LogP contribution in [0.3, 0.4) is 0 Å². The second-order valence-electron chi connectivity index (χ2n) is 2.10. The van der Waals surface area contributed by atoms with Crippen molar-refractivity contribution in [2.45, 2.75) is 13.8 Å². The molecule has 0 aromatic carbocycles. The molecule has 1 N–H and O–H groups in total. The number of allylic oxidation sites excluding steroid dienone is 1. The first-order valence-corrected chi connectivity index (χ1v) is 3.83. The molecule has 0 atom stereocenters. The lowest BCUT2D eigenvalue weighted by atomic mass is 10.4. The van der Waals surface area contributed by atoms with Crippen LogP contribution >= 0.6 is 11.8 Å².